The number of aromatic nitrogens is 3. The monoisotopic (exact) mass is 480 g/mol. The first-order valence-electron chi connectivity index (χ1n) is 11.1. The molecule has 0 radical (unpaired) electrons. The summed E-state index contributed by atoms with van der Waals surface area (Å²) in [6, 6.07) is 1.47. The first kappa shape index (κ1) is 21.2. The van der Waals surface area contributed by atoms with Gasteiger partial charge in [-0.15, -0.1) is 0 Å². The minimum absolute atomic E-state index is 0.0218. The van der Waals surface area contributed by atoms with Crippen LogP contribution in [0.25, 0.3) is 11.3 Å². The van der Waals surface area contributed by atoms with Gasteiger partial charge in [0, 0.05) is 43.3 Å². The van der Waals surface area contributed by atoms with Gasteiger partial charge in [0.2, 0.25) is 0 Å². The van der Waals surface area contributed by atoms with Crippen LogP contribution in [0.4, 0.5) is 15.9 Å². The number of nitrogens with zero attached hydrogens (tertiary/aromatic N) is 3. The third-order valence-corrected chi connectivity index (χ3v) is 7.30. The molecule has 174 valence electrons. The molecular weight excluding hydrogens is 459 g/mol. The van der Waals surface area contributed by atoms with E-state index in [0.29, 0.717) is 41.9 Å². The van der Waals surface area contributed by atoms with Crippen molar-refractivity contribution in [2.45, 2.75) is 25.2 Å². The van der Waals surface area contributed by atoms with Crippen molar-refractivity contribution >= 4 is 34.8 Å². The second-order valence-corrected chi connectivity index (χ2v) is 9.81. The number of likely N-dealkylation sites (N-methyl/N-ethyl adjacent to an activating group) is 1. The Morgan fingerprint density at radius 1 is 1.24 bits per heavy atom. The summed E-state index contributed by atoms with van der Waals surface area (Å²) in [5, 5.41) is 6.14. The summed E-state index contributed by atoms with van der Waals surface area (Å²) in [4.78, 5) is 38.8. The highest BCUT2D eigenvalue weighted by Gasteiger charge is 2.50. The Morgan fingerprint density at radius 3 is 2.76 bits per heavy atom. The number of Topliss-reactive ketones (excluding diaryl/α,β-unsaturated/α-hetero) is 1. The number of carbonyl (C=O) groups is 2. The number of anilines is 2. The molecule has 8 nitrogen and oxygen atoms in total. The number of ketones is 1. The summed E-state index contributed by atoms with van der Waals surface area (Å²) in [7, 11) is 2.05. The Morgan fingerprint density at radius 2 is 2.03 bits per heavy atom. The molecule has 1 aliphatic carbocycles. The van der Waals surface area contributed by atoms with Crippen LogP contribution in [-0.4, -0.2) is 58.2 Å². The van der Waals surface area contributed by atoms with Gasteiger partial charge >= 0.3 is 0 Å². The molecule has 0 unspecified atom stereocenters. The zero-order valence-electron chi connectivity index (χ0n) is 18.7. The topological polar surface area (TPSA) is 103 Å². The number of H-pyrrole nitrogens is 1. The van der Waals surface area contributed by atoms with Gasteiger partial charge in [0.1, 0.15) is 5.15 Å². The third kappa shape index (κ3) is 3.00. The number of aryl methyl sites for hydroxylation is 1. The SMILES string of the molecule is CC(=O)c1cnc(Cl)cc1Nc1ncc2c(c1F)-c1[nH]c3c(c1CC2)C(=O)NCC31CN(C)C1. The second-order valence-electron chi connectivity index (χ2n) is 9.42. The highest BCUT2D eigenvalue weighted by molar-refractivity contribution is 6.29. The van der Waals surface area contributed by atoms with Crippen molar-refractivity contribution in [3.63, 3.8) is 0 Å². The van der Waals surface area contributed by atoms with Crippen LogP contribution in [0.1, 0.15) is 44.5 Å². The highest BCUT2D eigenvalue weighted by Crippen LogP contribution is 2.45. The molecule has 6 rings (SSSR count). The fraction of sp³-hybridized carbons (Fsp3) is 0.333. The number of amides is 1. The number of hydrogen-bond acceptors (Lipinski definition) is 6. The van der Waals surface area contributed by atoms with E-state index in [1.165, 1.54) is 19.2 Å². The van der Waals surface area contributed by atoms with Gasteiger partial charge in [-0.25, -0.2) is 14.4 Å². The predicted molar refractivity (Wildman–Crippen MR) is 125 cm³/mol. The van der Waals surface area contributed by atoms with Gasteiger partial charge in [-0.2, -0.15) is 0 Å². The minimum atomic E-state index is -0.542. The molecule has 5 heterocycles. The van der Waals surface area contributed by atoms with Gasteiger partial charge in [-0.1, -0.05) is 11.6 Å². The van der Waals surface area contributed by atoms with Crippen molar-refractivity contribution in [2.75, 3.05) is 32.0 Å². The normalized spacial score (nSPS) is 17.9. The van der Waals surface area contributed by atoms with E-state index in [9.17, 15) is 9.59 Å². The first-order chi connectivity index (χ1) is 16.3. The number of hydrogen-bond donors (Lipinski definition) is 3. The summed E-state index contributed by atoms with van der Waals surface area (Å²) >= 11 is 6.01. The fourth-order valence-electron chi connectivity index (χ4n) is 5.60. The van der Waals surface area contributed by atoms with E-state index in [2.05, 4.69) is 30.5 Å². The summed E-state index contributed by atoms with van der Waals surface area (Å²) in [5.41, 5.74) is 4.67. The molecule has 0 aromatic carbocycles. The number of pyridine rings is 2. The molecule has 1 spiro atoms. The van der Waals surface area contributed by atoms with E-state index in [1.54, 1.807) is 6.20 Å². The number of carbonyl (C=O) groups excluding carboxylic acids is 2. The molecule has 0 atom stereocenters. The predicted octanol–water partition coefficient (Wildman–Crippen LogP) is 3.24. The molecular formula is C24H22ClFN6O2. The minimum Gasteiger partial charge on any atom is -0.357 e. The molecule has 3 aromatic heterocycles. The molecule has 2 aliphatic heterocycles. The van der Waals surface area contributed by atoms with E-state index in [0.717, 1.165) is 29.9 Å². The summed E-state index contributed by atoms with van der Waals surface area (Å²) in [6.07, 6.45) is 4.22. The number of halogens is 2. The maximum atomic E-state index is 16.0. The molecule has 34 heavy (non-hydrogen) atoms. The van der Waals surface area contributed by atoms with Gasteiger partial charge < -0.3 is 20.5 Å². The quantitative estimate of drug-likeness (QED) is 0.393. The molecule has 0 saturated carbocycles. The number of nitrogens with one attached hydrogen (secondary N) is 3. The third-order valence-electron chi connectivity index (χ3n) is 7.09. The van der Waals surface area contributed by atoms with Crippen molar-refractivity contribution < 1.29 is 14.0 Å². The van der Waals surface area contributed by atoms with E-state index in [4.69, 9.17) is 11.6 Å². The summed E-state index contributed by atoms with van der Waals surface area (Å²) in [6.45, 7) is 3.63. The van der Waals surface area contributed by atoms with Crippen LogP contribution in [0.3, 0.4) is 0 Å². The molecule has 3 N–H and O–H groups in total. The van der Waals surface area contributed by atoms with E-state index >= 15 is 4.39 Å². The Balaban J connectivity index is 1.48. The van der Waals surface area contributed by atoms with Crippen molar-refractivity contribution in [3.8, 4) is 11.3 Å². The van der Waals surface area contributed by atoms with Crippen molar-refractivity contribution in [1.82, 2.24) is 25.2 Å². The summed E-state index contributed by atoms with van der Waals surface area (Å²) < 4.78 is 16.0. The zero-order chi connectivity index (χ0) is 23.8. The van der Waals surface area contributed by atoms with Gasteiger partial charge in [-0.3, -0.25) is 9.59 Å². The molecule has 3 aliphatic rings. The van der Waals surface area contributed by atoms with Crippen LogP contribution >= 0.6 is 11.6 Å². The number of aromatic amines is 1. The Bertz CT molecular complexity index is 1390. The number of likely N-dealkylation sites (tertiary alicyclic amines) is 1. The Hall–Kier alpha value is -3.30. The molecule has 1 amide bonds. The first-order valence-corrected chi connectivity index (χ1v) is 11.5. The van der Waals surface area contributed by atoms with Crippen LogP contribution in [0, 0.1) is 5.82 Å². The summed E-state index contributed by atoms with van der Waals surface area (Å²) in [5.74, 6) is -0.904. The van der Waals surface area contributed by atoms with Crippen molar-refractivity contribution in [2.24, 2.45) is 0 Å². The number of rotatable bonds is 3. The van der Waals surface area contributed by atoms with Gasteiger partial charge in [0.15, 0.2) is 17.4 Å². The standard InChI is InChI=1S/C24H22ClFN6O2/c1-11(33)14-7-27-16(25)5-15(14)30-22-19(26)17-12(6-28-22)3-4-13-18-21(31-20(13)17)24(8-29-23(18)34)9-32(2)10-24/h5-7,31H,3-4,8-10H2,1-2H3,(H,29,34)(H,27,28,30). The van der Waals surface area contributed by atoms with Crippen LogP contribution in [0.2, 0.25) is 5.15 Å². The lowest BCUT2D eigenvalue weighted by molar-refractivity contribution is 0.0688. The average molecular weight is 481 g/mol. The largest absolute Gasteiger partial charge is 0.357 e. The van der Waals surface area contributed by atoms with Gasteiger partial charge in [0.05, 0.1) is 27.9 Å². The average Bonchev–Trinajstić information content (AvgIpc) is 3.17. The van der Waals surface area contributed by atoms with E-state index in [-0.39, 0.29) is 33.6 Å². The maximum absolute atomic E-state index is 16.0. The lowest BCUT2D eigenvalue weighted by atomic mass is 9.73. The highest BCUT2D eigenvalue weighted by atomic mass is 35.5. The molecule has 10 heteroatoms. The molecule has 1 fully saturated rings. The smallest absolute Gasteiger partial charge is 0.253 e. The van der Waals surface area contributed by atoms with E-state index < -0.39 is 5.82 Å². The Labute approximate surface area is 199 Å². The van der Waals surface area contributed by atoms with Gasteiger partial charge in [0.25, 0.3) is 5.91 Å². The second kappa shape index (κ2) is 7.35. The van der Waals surface area contributed by atoms with Crippen molar-refractivity contribution in [3.05, 3.63) is 57.4 Å². The lowest BCUT2D eigenvalue weighted by Gasteiger charge is -2.50. The molecule has 3 aromatic rings. The Kier molecular flexibility index (Phi) is 4.59. The van der Waals surface area contributed by atoms with Crippen LogP contribution in [-0.2, 0) is 18.3 Å². The molecule has 0 bridgehead atoms. The van der Waals surface area contributed by atoms with Gasteiger partial charge in [-0.05, 0) is 44.0 Å². The van der Waals surface area contributed by atoms with E-state index in [1.807, 2.05) is 7.05 Å². The molecule has 1 saturated heterocycles. The number of fused-ring (bicyclic) bond motifs is 6. The van der Waals surface area contributed by atoms with Crippen LogP contribution in [0.15, 0.2) is 18.5 Å². The zero-order valence-corrected chi connectivity index (χ0v) is 19.4. The maximum Gasteiger partial charge on any atom is 0.253 e. The van der Waals surface area contributed by atoms with Crippen LogP contribution in [0.5, 0.6) is 0 Å². The van der Waals surface area contributed by atoms with Crippen molar-refractivity contribution in [1.29, 1.82) is 0 Å². The lowest BCUT2D eigenvalue weighted by Crippen LogP contribution is -2.65. The fourth-order valence-corrected chi connectivity index (χ4v) is 5.76. The van der Waals surface area contributed by atoms with Crippen LogP contribution < -0.4 is 10.6 Å².